The number of benzene rings is 2. The van der Waals surface area contributed by atoms with Gasteiger partial charge in [-0.05, 0) is 25.1 Å². The molecule has 2 rings (SSSR count). The Morgan fingerprint density at radius 3 is 2.46 bits per heavy atom. The van der Waals surface area contributed by atoms with E-state index in [1.165, 1.54) is 24.3 Å². The Labute approximate surface area is 161 Å². The predicted octanol–water partition coefficient (Wildman–Crippen LogP) is 2.42. The van der Waals surface area contributed by atoms with Crippen molar-refractivity contribution in [3.8, 4) is 5.75 Å². The summed E-state index contributed by atoms with van der Waals surface area (Å²) in [7, 11) is 1.56. The van der Waals surface area contributed by atoms with Gasteiger partial charge in [-0.3, -0.25) is 19.7 Å². The maximum atomic E-state index is 12.0. The Morgan fingerprint density at radius 2 is 1.82 bits per heavy atom. The van der Waals surface area contributed by atoms with Crippen LogP contribution >= 0.6 is 0 Å². The molecule has 0 radical (unpaired) electrons. The van der Waals surface area contributed by atoms with Gasteiger partial charge in [-0.15, -0.1) is 0 Å². The van der Waals surface area contributed by atoms with Crippen molar-refractivity contribution in [1.29, 1.82) is 0 Å². The van der Waals surface area contributed by atoms with Gasteiger partial charge in [0.25, 0.3) is 11.6 Å². The summed E-state index contributed by atoms with van der Waals surface area (Å²) in [6.07, 6.45) is 0.00961. The average molecular weight is 384 g/mol. The molecule has 9 heteroatoms. The molecule has 0 saturated carbocycles. The van der Waals surface area contributed by atoms with Gasteiger partial charge in [0.05, 0.1) is 18.5 Å². The summed E-state index contributed by atoms with van der Waals surface area (Å²) >= 11 is 0. The van der Waals surface area contributed by atoms with Gasteiger partial charge in [0.2, 0.25) is 5.91 Å². The third kappa shape index (κ3) is 5.90. The summed E-state index contributed by atoms with van der Waals surface area (Å²) < 4.78 is 5.23. The van der Waals surface area contributed by atoms with Crippen LogP contribution in [-0.4, -0.2) is 29.6 Å². The molecule has 0 aliphatic carbocycles. The summed E-state index contributed by atoms with van der Waals surface area (Å²) in [6.45, 7) is 1.92. The van der Waals surface area contributed by atoms with Gasteiger partial charge >= 0.3 is 0 Å². The van der Waals surface area contributed by atoms with Crippen LogP contribution in [0.25, 0.3) is 0 Å². The lowest BCUT2D eigenvalue weighted by atomic mass is 10.2. The molecule has 0 aliphatic heterocycles. The molecule has 28 heavy (non-hydrogen) atoms. The van der Waals surface area contributed by atoms with Crippen molar-refractivity contribution >= 4 is 23.2 Å². The van der Waals surface area contributed by atoms with Crippen molar-refractivity contribution in [3.05, 3.63) is 69.8 Å². The molecule has 2 aromatic rings. The number of carbonyl (C=O) groups is 2. The first-order valence-electron chi connectivity index (χ1n) is 8.37. The van der Waals surface area contributed by atoms with Gasteiger partial charge in [0.15, 0.2) is 0 Å². The number of para-hydroxylation sites is 1. The lowest BCUT2D eigenvalue weighted by Crippen LogP contribution is -2.26. The second kappa shape index (κ2) is 9.81. The molecule has 0 aromatic heterocycles. The first kappa shape index (κ1) is 20.6. The fourth-order valence-electron chi connectivity index (χ4n) is 2.32. The fourth-order valence-corrected chi connectivity index (χ4v) is 2.32. The normalized spacial score (nSPS) is 10.9. The van der Waals surface area contributed by atoms with Crippen LogP contribution in [0.2, 0.25) is 0 Å². The lowest BCUT2D eigenvalue weighted by Gasteiger charge is -2.09. The standard InChI is InChI=1S/C19H20N4O5/c1-13(11-18(24)20-12-15-5-3-4-6-17(15)28-2)21-22-19(25)14-7-9-16(10-8-14)23(26)27/h3-10H,11-12H2,1-2H3,(H,20,24)(H,22,25). The minimum Gasteiger partial charge on any atom is -0.496 e. The molecule has 2 aromatic carbocycles. The molecular formula is C19H20N4O5. The minimum absolute atomic E-state index is 0.00961. The largest absolute Gasteiger partial charge is 0.496 e. The molecule has 0 aliphatic rings. The summed E-state index contributed by atoms with van der Waals surface area (Å²) in [5, 5.41) is 17.3. The number of rotatable bonds is 8. The molecule has 0 heterocycles. The van der Waals surface area contributed by atoms with E-state index in [0.29, 0.717) is 18.0 Å². The van der Waals surface area contributed by atoms with E-state index >= 15 is 0 Å². The van der Waals surface area contributed by atoms with E-state index in [-0.39, 0.29) is 23.6 Å². The van der Waals surface area contributed by atoms with Gasteiger partial charge in [-0.2, -0.15) is 5.10 Å². The van der Waals surface area contributed by atoms with E-state index < -0.39 is 10.8 Å². The Balaban J connectivity index is 1.85. The van der Waals surface area contributed by atoms with Crippen LogP contribution in [0.1, 0.15) is 29.3 Å². The van der Waals surface area contributed by atoms with Crippen molar-refractivity contribution in [1.82, 2.24) is 10.7 Å². The van der Waals surface area contributed by atoms with Crippen LogP contribution < -0.4 is 15.5 Å². The predicted molar refractivity (Wildman–Crippen MR) is 103 cm³/mol. The molecule has 0 atom stereocenters. The maximum absolute atomic E-state index is 12.0. The van der Waals surface area contributed by atoms with Crippen molar-refractivity contribution < 1.29 is 19.2 Å². The quantitative estimate of drug-likeness (QED) is 0.411. The highest BCUT2D eigenvalue weighted by Crippen LogP contribution is 2.16. The molecule has 0 saturated heterocycles. The summed E-state index contributed by atoms with van der Waals surface area (Å²) in [4.78, 5) is 34.1. The van der Waals surface area contributed by atoms with Gasteiger partial charge in [0, 0.05) is 35.5 Å². The van der Waals surface area contributed by atoms with Crippen LogP contribution in [0.5, 0.6) is 5.75 Å². The Bertz CT molecular complexity index is 893. The zero-order valence-electron chi connectivity index (χ0n) is 15.5. The number of hydrogen-bond acceptors (Lipinski definition) is 6. The number of nitrogens with one attached hydrogen (secondary N) is 2. The van der Waals surface area contributed by atoms with Gasteiger partial charge in [-0.25, -0.2) is 5.43 Å². The summed E-state index contributed by atoms with van der Waals surface area (Å²) in [5.74, 6) is -0.0935. The van der Waals surface area contributed by atoms with Crippen LogP contribution in [0.3, 0.4) is 0 Å². The topological polar surface area (TPSA) is 123 Å². The molecule has 9 nitrogen and oxygen atoms in total. The maximum Gasteiger partial charge on any atom is 0.271 e. The van der Waals surface area contributed by atoms with Crippen LogP contribution in [0.4, 0.5) is 5.69 Å². The average Bonchev–Trinajstić information content (AvgIpc) is 2.70. The van der Waals surface area contributed by atoms with Crippen molar-refractivity contribution in [2.45, 2.75) is 19.9 Å². The molecular weight excluding hydrogens is 364 g/mol. The Morgan fingerprint density at radius 1 is 1.14 bits per heavy atom. The molecule has 2 N–H and O–H groups in total. The van der Waals surface area contributed by atoms with Crippen LogP contribution in [0, 0.1) is 10.1 Å². The molecule has 0 fully saturated rings. The summed E-state index contributed by atoms with van der Waals surface area (Å²) in [5.41, 5.74) is 3.70. The van der Waals surface area contributed by atoms with Crippen molar-refractivity contribution in [2.75, 3.05) is 7.11 Å². The van der Waals surface area contributed by atoms with E-state index in [9.17, 15) is 19.7 Å². The molecule has 0 spiro atoms. The number of amides is 2. The van der Waals surface area contributed by atoms with E-state index in [0.717, 1.165) is 5.56 Å². The zero-order valence-corrected chi connectivity index (χ0v) is 15.5. The van der Waals surface area contributed by atoms with Crippen molar-refractivity contribution in [3.63, 3.8) is 0 Å². The number of hydrogen-bond donors (Lipinski definition) is 2. The number of non-ortho nitro benzene ring substituents is 1. The number of methoxy groups -OCH3 is 1. The van der Waals surface area contributed by atoms with Gasteiger partial charge in [0.1, 0.15) is 5.75 Å². The molecule has 146 valence electrons. The fraction of sp³-hybridized carbons (Fsp3) is 0.211. The zero-order chi connectivity index (χ0) is 20.5. The number of nitro groups is 1. The van der Waals surface area contributed by atoms with E-state index in [4.69, 9.17) is 4.74 Å². The third-order valence-electron chi connectivity index (χ3n) is 3.77. The van der Waals surface area contributed by atoms with Gasteiger partial charge < -0.3 is 10.1 Å². The first-order valence-corrected chi connectivity index (χ1v) is 8.37. The monoisotopic (exact) mass is 384 g/mol. The number of hydrazone groups is 1. The van der Waals surface area contributed by atoms with Crippen molar-refractivity contribution in [2.24, 2.45) is 5.10 Å². The van der Waals surface area contributed by atoms with Crippen LogP contribution in [0.15, 0.2) is 53.6 Å². The second-order valence-corrected chi connectivity index (χ2v) is 5.86. The first-order chi connectivity index (χ1) is 13.4. The number of ether oxygens (including phenoxy) is 1. The molecule has 2 amide bonds. The molecule has 0 unspecified atom stereocenters. The summed E-state index contributed by atoms with van der Waals surface area (Å²) in [6, 6.07) is 12.5. The number of nitro benzene ring substituents is 1. The highest BCUT2D eigenvalue weighted by molar-refractivity contribution is 6.01. The lowest BCUT2D eigenvalue weighted by molar-refractivity contribution is -0.384. The third-order valence-corrected chi connectivity index (χ3v) is 3.77. The number of nitrogens with zero attached hydrogens (tertiary/aromatic N) is 2. The highest BCUT2D eigenvalue weighted by atomic mass is 16.6. The Hall–Kier alpha value is -3.75. The van der Waals surface area contributed by atoms with Gasteiger partial charge in [-0.1, -0.05) is 18.2 Å². The smallest absolute Gasteiger partial charge is 0.271 e. The number of carbonyl (C=O) groups excluding carboxylic acids is 2. The van der Waals surface area contributed by atoms with E-state index in [1.54, 1.807) is 14.0 Å². The van der Waals surface area contributed by atoms with E-state index in [1.807, 2.05) is 24.3 Å². The second-order valence-electron chi connectivity index (χ2n) is 5.86. The highest BCUT2D eigenvalue weighted by Gasteiger charge is 2.10. The SMILES string of the molecule is COc1ccccc1CNC(=O)CC(C)=NNC(=O)c1ccc([N+](=O)[O-])cc1. The minimum atomic E-state index is -0.548. The molecule has 0 bridgehead atoms. The Kier molecular flexibility index (Phi) is 7.21. The van der Waals surface area contributed by atoms with Crippen LogP contribution in [-0.2, 0) is 11.3 Å². The van der Waals surface area contributed by atoms with E-state index in [2.05, 4.69) is 15.8 Å².